The van der Waals surface area contributed by atoms with Gasteiger partial charge >= 0.3 is 5.69 Å². The summed E-state index contributed by atoms with van der Waals surface area (Å²) in [6.45, 7) is 2.47. The van der Waals surface area contributed by atoms with E-state index in [0.717, 1.165) is 10.1 Å². The van der Waals surface area contributed by atoms with Gasteiger partial charge in [0.25, 0.3) is 11.5 Å². The van der Waals surface area contributed by atoms with Gasteiger partial charge in [0.15, 0.2) is 0 Å². The fourth-order valence-electron chi connectivity index (χ4n) is 3.51. The number of halogens is 1. The van der Waals surface area contributed by atoms with Crippen LogP contribution in [0.3, 0.4) is 0 Å². The highest BCUT2D eigenvalue weighted by atomic mass is 19.1. The second-order valence-electron chi connectivity index (χ2n) is 7.57. The standard InChI is InChI=1S/C24H22FN5O4/c1-3-34-21-8-7-16(11-27-21)12-28-22(31)19-10-18-20(13-26-19)29(2)24(33)30(23(18)32)14-15-5-4-6-17(25)9-15/h4-11,13H,3,12,14H2,1-2H3,(H,28,31). The molecule has 4 rings (SSSR count). The molecule has 0 fully saturated rings. The SMILES string of the molecule is CCOc1ccc(CNC(=O)c2cc3c(=O)n(Cc4cccc(F)c4)c(=O)n(C)c3cn2)cn1. The van der Waals surface area contributed by atoms with E-state index < -0.39 is 23.0 Å². The van der Waals surface area contributed by atoms with Gasteiger partial charge in [-0.1, -0.05) is 18.2 Å². The summed E-state index contributed by atoms with van der Waals surface area (Å²) in [6, 6.07) is 10.5. The first-order valence-corrected chi connectivity index (χ1v) is 10.6. The molecule has 0 aliphatic carbocycles. The predicted molar refractivity (Wildman–Crippen MR) is 123 cm³/mol. The molecule has 174 valence electrons. The average molecular weight is 463 g/mol. The zero-order valence-electron chi connectivity index (χ0n) is 18.6. The number of carbonyl (C=O) groups excluding carboxylic acids is 1. The Kier molecular flexibility index (Phi) is 6.48. The second kappa shape index (κ2) is 9.65. The highest BCUT2D eigenvalue weighted by Crippen LogP contribution is 2.11. The van der Waals surface area contributed by atoms with Crippen LogP contribution in [-0.4, -0.2) is 31.6 Å². The van der Waals surface area contributed by atoms with Crippen molar-refractivity contribution in [1.29, 1.82) is 0 Å². The maximum atomic E-state index is 13.6. The third-order valence-corrected chi connectivity index (χ3v) is 5.24. The molecule has 1 aromatic carbocycles. The number of rotatable bonds is 7. The van der Waals surface area contributed by atoms with Crippen LogP contribution in [0.5, 0.6) is 5.88 Å². The quantitative estimate of drug-likeness (QED) is 0.449. The molecule has 0 bridgehead atoms. The van der Waals surface area contributed by atoms with E-state index in [4.69, 9.17) is 4.74 Å². The first-order valence-electron chi connectivity index (χ1n) is 10.6. The van der Waals surface area contributed by atoms with Crippen molar-refractivity contribution in [3.05, 3.63) is 98.3 Å². The fourth-order valence-corrected chi connectivity index (χ4v) is 3.51. The molecule has 0 unspecified atom stereocenters. The highest BCUT2D eigenvalue weighted by Gasteiger charge is 2.15. The Morgan fingerprint density at radius 3 is 2.62 bits per heavy atom. The third-order valence-electron chi connectivity index (χ3n) is 5.24. The molecule has 0 atom stereocenters. The van der Waals surface area contributed by atoms with Crippen LogP contribution in [0.2, 0.25) is 0 Å². The van der Waals surface area contributed by atoms with Gasteiger partial charge in [0.1, 0.15) is 11.5 Å². The van der Waals surface area contributed by atoms with Gasteiger partial charge in [-0.2, -0.15) is 0 Å². The number of aryl methyl sites for hydroxylation is 1. The molecule has 0 saturated heterocycles. The summed E-state index contributed by atoms with van der Waals surface area (Å²) in [6.07, 6.45) is 2.91. The Morgan fingerprint density at radius 2 is 1.91 bits per heavy atom. The number of benzene rings is 1. The van der Waals surface area contributed by atoms with Gasteiger partial charge in [-0.3, -0.25) is 18.7 Å². The summed E-state index contributed by atoms with van der Waals surface area (Å²) >= 11 is 0. The van der Waals surface area contributed by atoms with Crippen LogP contribution in [0.4, 0.5) is 4.39 Å². The number of amides is 1. The van der Waals surface area contributed by atoms with Crippen LogP contribution in [-0.2, 0) is 20.1 Å². The molecular formula is C24H22FN5O4. The van der Waals surface area contributed by atoms with Gasteiger partial charge in [-0.15, -0.1) is 0 Å². The van der Waals surface area contributed by atoms with Crippen LogP contribution in [0, 0.1) is 5.82 Å². The monoisotopic (exact) mass is 463 g/mol. The summed E-state index contributed by atoms with van der Waals surface area (Å²) in [7, 11) is 1.51. The number of nitrogens with one attached hydrogen (secondary N) is 1. The summed E-state index contributed by atoms with van der Waals surface area (Å²) in [4.78, 5) is 46.8. The normalized spacial score (nSPS) is 10.9. The molecule has 34 heavy (non-hydrogen) atoms. The lowest BCUT2D eigenvalue weighted by Gasteiger charge is -2.12. The van der Waals surface area contributed by atoms with E-state index in [0.29, 0.717) is 18.1 Å². The molecule has 0 aliphatic rings. The summed E-state index contributed by atoms with van der Waals surface area (Å²) < 4.78 is 21.1. The lowest BCUT2D eigenvalue weighted by Crippen LogP contribution is -2.39. The lowest BCUT2D eigenvalue weighted by atomic mass is 10.2. The van der Waals surface area contributed by atoms with Gasteiger partial charge in [0.05, 0.1) is 30.3 Å². The minimum atomic E-state index is -0.588. The van der Waals surface area contributed by atoms with Gasteiger partial charge in [-0.25, -0.2) is 19.2 Å². The molecule has 4 aromatic rings. The van der Waals surface area contributed by atoms with Gasteiger partial charge < -0.3 is 10.1 Å². The van der Waals surface area contributed by atoms with E-state index >= 15 is 0 Å². The maximum absolute atomic E-state index is 13.6. The van der Waals surface area contributed by atoms with Crippen molar-refractivity contribution in [2.45, 2.75) is 20.0 Å². The molecule has 9 nitrogen and oxygen atoms in total. The summed E-state index contributed by atoms with van der Waals surface area (Å²) in [5.74, 6) is -0.455. The van der Waals surface area contributed by atoms with Gasteiger partial charge in [0.2, 0.25) is 5.88 Å². The van der Waals surface area contributed by atoms with E-state index in [-0.39, 0.29) is 29.7 Å². The Hall–Kier alpha value is -4.34. The number of pyridine rings is 2. The first kappa shape index (κ1) is 22.8. The molecule has 0 radical (unpaired) electrons. The number of carbonyl (C=O) groups is 1. The van der Waals surface area contributed by atoms with Crippen LogP contribution >= 0.6 is 0 Å². The molecule has 0 spiro atoms. The number of aromatic nitrogens is 4. The van der Waals surface area contributed by atoms with Crippen molar-refractivity contribution in [2.24, 2.45) is 7.05 Å². The topological polar surface area (TPSA) is 108 Å². The Morgan fingerprint density at radius 1 is 1.09 bits per heavy atom. The van der Waals surface area contributed by atoms with Gasteiger partial charge in [-0.05, 0) is 36.2 Å². The molecule has 1 amide bonds. The second-order valence-corrected chi connectivity index (χ2v) is 7.57. The molecule has 1 N–H and O–H groups in total. The number of hydrogen-bond donors (Lipinski definition) is 1. The Labute approximate surface area is 193 Å². The minimum Gasteiger partial charge on any atom is -0.478 e. The van der Waals surface area contributed by atoms with Crippen LogP contribution in [0.15, 0.2) is 64.4 Å². The van der Waals surface area contributed by atoms with Crippen molar-refractivity contribution < 1.29 is 13.9 Å². The Bertz CT molecular complexity index is 1480. The molecule has 3 aromatic heterocycles. The average Bonchev–Trinajstić information content (AvgIpc) is 2.84. The molecule has 3 heterocycles. The maximum Gasteiger partial charge on any atom is 0.331 e. The summed E-state index contributed by atoms with van der Waals surface area (Å²) in [5.41, 5.74) is 0.391. The number of hydrogen-bond acceptors (Lipinski definition) is 6. The van der Waals surface area contributed by atoms with Crippen molar-refractivity contribution >= 4 is 16.8 Å². The number of fused-ring (bicyclic) bond motifs is 1. The van der Waals surface area contributed by atoms with Crippen molar-refractivity contribution in [2.75, 3.05) is 6.61 Å². The minimum absolute atomic E-state index is 0.0273. The van der Waals surface area contributed by atoms with E-state index in [9.17, 15) is 18.8 Å². The predicted octanol–water partition coefficient (Wildman–Crippen LogP) is 2.01. The number of nitrogens with zero attached hydrogens (tertiary/aromatic N) is 4. The number of ether oxygens (including phenoxy) is 1. The van der Waals surface area contributed by atoms with Crippen molar-refractivity contribution in [3.63, 3.8) is 0 Å². The van der Waals surface area contributed by atoms with Gasteiger partial charge in [0, 0.05) is 25.9 Å². The van der Waals surface area contributed by atoms with Crippen molar-refractivity contribution in [1.82, 2.24) is 24.4 Å². The Balaban J connectivity index is 1.61. The first-order chi connectivity index (χ1) is 16.4. The molecular weight excluding hydrogens is 441 g/mol. The van der Waals surface area contributed by atoms with Crippen LogP contribution < -0.4 is 21.3 Å². The lowest BCUT2D eigenvalue weighted by molar-refractivity contribution is 0.0946. The van der Waals surface area contributed by atoms with E-state index in [1.165, 1.54) is 42.1 Å². The van der Waals surface area contributed by atoms with Crippen LogP contribution in [0.1, 0.15) is 28.5 Å². The van der Waals surface area contributed by atoms with Crippen LogP contribution in [0.25, 0.3) is 10.9 Å². The fraction of sp³-hybridized carbons (Fsp3) is 0.208. The zero-order valence-corrected chi connectivity index (χ0v) is 18.6. The molecule has 0 aliphatic heterocycles. The van der Waals surface area contributed by atoms with E-state index in [1.807, 2.05) is 6.92 Å². The smallest absolute Gasteiger partial charge is 0.331 e. The zero-order chi connectivity index (χ0) is 24.2. The summed E-state index contributed by atoms with van der Waals surface area (Å²) in [5, 5.41) is 2.89. The van der Waals surface area contributed by atoms with E-state index in [1.54, 1.807) is 24.4 Å². The van der Waals surface area contributed by atoms with Crippen molar-refractivity contribution in [3.8, 4) is 5.88 Å². The highest BCUT2D eigenvalue weighted by molar-refractivity contribution is 5.95. The largest absolute Gasteiger partial charge is 0.478 e. The molecule has 0 saturated carbocycles. The molecule has 10 heteroatoms. The third kappa shape index (κ3) is 4.70. The van der Waals surface area contributed by atoms with E-state index in [2.05, 4.69) is 15.3 Å².